The van der Waals surface area contributed by atoms with Crippen LogP contribution in [0.2, 0.25) is 0 Å². The van der Waals surface area contributed by atoms with Gasteiger partial charge in [0.1, 0.15) is 5.00 Å². The Kier molecular flexibility index (Phi) is 5.21. The Morgan fingerprint density at radius 1 is 1.21 bits per heavy atom. The molecule has 4 rings (SSSR count). The van der Waals surface area contributed by atoms with Crippen LogP contribution in [0.5, 0.6) is 0 Å². The first-order chi connectivity index (χ1) is 13.5. The molecule has 148 valence electrons. The summed E-state index contributed by atoms with van der Waals surface area (Å²) in [7, 11) is 0. The van der Waals surface area contributed by atoms with Crippen LogP contribution in [0.1, 0.15) is 57.5 Å². The van der Waals surface area contributed by atoms with Crippen molar-refractivity contribution >= 4 is 34.1 Å². The van der Waals surface area contributed by atoms with Crippen LogP contribution >= 0.6 is 11.3 Å². The molecule has 0 bridgehead atoms. The average Bonchev–Trinajstić information content (AvgIpc) is 3.44. The fourth-order valence-corrected chi connectivity index (χ4v) is 5.02. The van der Waals surface area contributed by atoms with E-state index in [1.165, 1.54) is 17.6 Å². The monoisotopic (exact) mass is 402 g/mol. The summed E-state index contributed by atoms with van der Waals surface area (Å²) in [5, 5.41) is 3.23. The zero-order valence-corrected chi connectivity index (χ0v) is 16.5. The molecular formula is C20H22N2O5S. The summed E-state index contributed by atoms with van der Waals surface area (Å²) in [5.74, 6) is -0.973. The summed E-state index contributed by atoms with van der Waals surface area (Å²) >= 11 is 1.39. The molecule has 2 amide bonds. The third-order valence-corrected chi connectivity index (χ3v) is 6.35. The van der Waals surface area contributed by atoms with Crippen LogP contribution in [-0.2, 0) is 22.4 Å². The lowest BCUT2D eigenvalue weighted by Gasteiger charge is -2.20. The van der Waals surface area contributed by atoms with Gasteiger partial charge in [0.05, 0.1) is 11.8 Å². The van der Waals surface area contributed by atoms with E-state index in [-0.39, 0.29) is 11.7 Å². The fraction of sp³-hybridized carbons (Fsp3) is 0.450. The first-order valence-corrected chi connectivity index (χ1v) is 10.4. The number of thiophene rings is 1. The lowest BCUT2D eigenvalue weighted by atomic mass is 10.1. The largest absolute Gasteiger partial charge is 0.459 e. The highest BCUT2D eigenvalue weighted by Crippen LogP contribution is 2.40. The first-order valence-electron chi connectivity index (χ1n) is 9.53. The minimum absolute atomic E-state index is 0.168. The van der Waals surface area contributed by atoms with Crippen molar-refractivity contribution in [3.63, 3.8) is 0 Å². The molecule has 2 aromatic heterocycles. The zero-order chi connectivity index (χ0) is 19.7. The number of ether oxygens (including phenoxy) is 1. The third kappa shape index (κ3) is 3.56. The summed E-state index contributed by atoms with van der Waals surface area (Å²) in [6.07, 6.45) is 5.14. The molecule has 1 atom stereocenters. The Morgan fingerprint density at radius 3 is 2.71 bits per heavy atom. The van der Waals surface area contributed by atoms with E-state index in [1.54, 1.807) is 24.0 Å². The van der Waals surface area contributed by atoms with Gasteiger partial charge < -0.3 is 19.4 Å². The highest BCUT2D eigenvalue weighted by molar-refractivity contribution is 7.17. The van der Waals surface area contributed by atoms with Crippen molar-refractivity contribution in [2.75, 3.05) is 18.4 Å². The fourth-order valence-electron chi connectivity index (χ4n) is 3.75. The SMILES string of the molecule is CC(OC(=O)c1c(NC(=O)c2ccco2)sc2c1CCC2)C(=O)N1CCCC1. The summed E-state index contributed by atoms with van der Waals surface area (Å²) < 4.78 is 10.6. The number of nitrogens with zero attached hydrogens (tertiary/aromatic N) is 1. The summed E-state index contributed by atoms with van der Waals surface area (Å²) in [4.78, 5) is 40.6. The number of fused-ring (bicyclic) bond motifs is 1. The first kappa shape index (κ1) is 18.7. The molecule has 0 saturated carbocycles. The Hall–Kier alpha value is -2.61. The number of aryl methyl sites for hydroxylation is 1. The lowest BCUT2D eigenvalue weighted by molar-refractivity contribution is -0.138. The van der Waals surface area contributed by atoms with Crippen molar-refractivity contribution in [1.29, 1.82) is 0 Å². The van der Waals surface area contributed by atoms with E-state index in [2.05, 4.69) is 5.32 Å². The van der Waals surface area contributed by atoms with Crippen LogP contribution in [0, 0.1) is 0 Å². The van der Waals surface area contributed by atoms with Crippen LogP contribution in [0.3, 0.4) is 0 Å². The number of furan rings is 1. The predicted octanol–water partition coefficient (Wildman–Crippen LogP) is 3.25. The van der Waals surface area contributed by atoms with Gasteiger partial charge >= 0.3 is 5.97 Å². The minimum Gasteiger partial charge on any atom is -0.459 e. The van der Waals surface area contributed by atoms with Crippen LogP contribution < -0.4 is 5.32 Å². The summed E-state index contributed by atoms with van der Waals surface area (Å²) in [6.45, 7) is 3.02. The molecule has 8 heteroatoms. The van der Waals surface area contributed by atoms with Gasteiger partial charge in [0.15, 0.2) is 11.9 Å². The summed E-state index contributed by atoms with van der Waals surface area (Å²) in [6, 6.07) is 3.19. The van der Waals surface area contributed by atoms with E-state index >= 15 is 0 Å². The van der Waals surface area contributed by atoms with Crippen LogP contribution in [-0.4, -0.2) is 41.9 Å². The van der Waals surface area contributed by atoms with E-state index in [1.807, 2.05) is 0 Å². The van der Waals surface area contributed by atoms with Crippen LogP contribution in [0.15, 0.2) is 22.8 Å². The molecule has 0 spiro atoms. The van der Waals surface area contributed by atoms with Crippen molar-refractivity contribution < 1.29 is 23.5 Å². The Bertz CT molecular complexity index is 896. The maximum absolute atomic E-state index is 12.9. The Balaban J connectivity index is 1.53. The number of anilines is 1. The van der Waals surface area contributed by atoms with Gasteiger partial charge in [-0.2, -0.15) is 0 Å². The number of carbonyl (C=O) groups excluding carboxylic acids is 3. The second-order valence-electron chi connectivity index (χ2n) is 7.07. The number of hydrogen-bond acceptors (Lipinski definition) is 6. The van der Waals surface area contributed by atoms with Gasteiger partial charge in [-0.3, -0.25) is 9.59 Å². The van der Waals surface area contributed by atoms with E-state index in [0.29, 0.717) is 23.7 Å². The molecule has 1 saturated heterocycles. The topological polar surface area (TPSA) is 88.8 Å². The number of esters is 1. The van der Waals surface area contributed by atoms with Gasteiger partial charge in [-0.25, -0.2) is 4.79 Å². The van der Waals surface area contributed by atoms with Gasteiger partial charge in [0.2, 0.25) is 0 Å². The maximum atomic E-state index is 12.9. The van der Waals surface area contributed by atoms with Crippen molar-refractivity contribution in [1.82, 2.24) is 4.90 Å². The van der Waals surface area contributed by atoms with Crippen LogP contribution in [0.4, 0.5) is 5.00 Å². The van der Waals surface area contributed by atoms with Crippen molar-refractivity contribution in [3.8, 4) is 0 Å². The van der Waals surface area contributed by atoms with Crippen molar-refractivity contribution in [2.24, 2.45) is 0 Å². The standard InChI is InChI=1S/C20H22N2O5S/c1-12(19(24)22-9-2-3-10-22)27-20(25)16-13-6-4-8-15(13)28-18(16)21-17(23)14-7-5-11-26-14/h5,7,11-12H,2-4,6,8-10H2,1H3,(H,21,23). The maximum Gasteiger partial charge on any atom is 0.342 e. The van der Waals surface area contributed by atoms with Gasteiger partial charge in [0, 0.05) is 18.0 Å². The van der Waals surface area contributed by atoms with E-state index in [9.17, 15) is 14.4 Å². The zero-order valence-electron chi connectivity index (χ0n) is 15.7. The van der Waals surface area contributed by atoms with Gasteiger partial charge in [-0.05, 0) is 56.7 Å². The van der Waals surface area contributed by atoms with Gasteiger partial charge in [0.25, 0.3) is 11.8 Å². The van der Waals surface area contributed by atoms with Gasteiger partial charge in [-0.1, -0.05) is 0 Å². The molecule has 2 aromatic rings. The number of hydrogen-bond donors (Lipinski definition) is 1. The molecular weight excluding hydrogens is 380 g/mol. The minimum atomic E-state index is -0.851. The molecule has 7 nitrogen and oxygen atoms in total. The Morgan fingerprint density at radius 2 is 2.00 bits per heavy atom. The molecule has 1 aliphatic heterocycles. The lowest BCUT2D eigenvalue weighted by Crippen LogP contribution is -2.38. The summed E-state index contributed by atoms with van der Waals surface area (Å²) in [5.41, 5.74) is 1.30. The number of carbonyl (C=O) groups is 3. The number of rotatable bonds is 5. The smallest absolute Gasteiger partial charge is 0.342 e. The molecule has 1 unspecified atom stereocenters. The molecule has 28 heavy (non-hydrogen) atoms. The molecule has 1 aliphatic carbocycles. The molecule has 1 N–H and O–H groups in total. The Labute approximate surface area is 166 Å². The number of amides is 2. The highest BCUT2D eigenvalue weighted by Gasteiger charge is 2.32. The third-order valence-electron chi connectivity index (χ3n) is 5.15. The molecule has 0 radical (unpaired) electrons. The number of likely N-dealkylation sites (tertiary alicyclic amines) is 1. The van der Waals surface area contributed by atoms with Crippen molar-refractivity contribution in [2.45, 2.75) is 45.1 Å². The normalized spacial score (nSPS) is 16.7. The molecule has 0 aromatic carbocycles. The second-order valence-corrected chi connectivity index (χ2v) is 8.18. The second kappa shape index (κ2) is 7.79. The average molecular weight is 402 g/mol. The predicted molar refractivity (Wildman–Crippen MR) is 104 cm³/mol. The molecule has 2 aliphatic rings. The van der Waals surface area contributed by atoms with E-state index in [0.717, 1.165) is 42.5 Å². The van der Waals surface area contributed by atoms with Crippen molar-refractivity contribution in [3.05, 3.63) is 40.2 Å². The van der Waals surface area contributed by atoms with Crippen LogP contribution in [0.25, 0.3) is 0 Å². The highest BCUT2D eigenvalue weighted by atomic mass is 32.1. The van der Waals surface area contributed by atoms with E-state index in [4.69, 9.17) is 9.15 Å². The van der Waals surface area contributed by atoms with E-state index < -0.39 is 18.0 Å². The quantitative estimate of drug-likeness (QED) is 0.776. The molecule has 1 fully saturated rings. The molecule has 3 heterocycles. The number of nitrogens with one attached hydrogen (secondary N) is 1. The van der Waals surface area contributed by atoms with Gasteiger partial charge in [-0.15, -0.1) is 11.3 Å².